The summed E-state index contributed by atoms with van der Waals surface area (Å²) in [6.45, 7) is 3.42. The number of nitrogens with one attached hydrogen (secondary N) is 1. The fourth-order valence-corrected chi connectivity index (χ4v) is 3.44. The molecule has 0 aliphatic carbocycles. The monoisotopic (exact) mass is 388 g/mol. The van der Waals surface area contributed by atoms with Crippen molar-refractivity contribution < 1.29 is 14.3 Å². The fourth-order valence-electron chi connectivity index (χ4n) is 3.44. The van der Waals surface area contributed by atoms with Gasteiger partial charge >= 0.3 is 0 Å². The van der Waals surface area contributed by atoms with Crippen LogP contribution < -0.4 is 10.1 Å². The molecule has 0 spiro atoms. The van der Waals surface area contributed by atoms with E-state index in [2.05, 4.69) is 15.2 Å². The van der Waals surface area contributed by atoms with Gasteiger partial charge in [0.2, 0.25) is 5.91 Å². The normalized spacial score (nSPS) is 20.9. The van der Waals surface area contributed by atoms with Crippen molar-refractivity contribution in [1.29, 1.82) is 0 Å². The van der Waals surface area contributed by atoms with Crippen LogP contribution in [-0.4, -0.2) is 80.8 Å². The van der Waals surface area contributed by atoms with Gasteiger partial charge in [-0.3, -0.25) is 4.79 Å². The molecule has 154 valence electrons. The van der Waals surface area contributed by atoms with Gasteiger partial charge < -0.3 is 24.6 Å². The lowest BCUT2D eigenvalue weighted by Crippen LogP contribution is -2.49. The molecule has 7 heteroatoms. The third kappa shape index (κ3) is 6.12. The first-order chi connectivity index (χ1) is 13.6. The highest BCUT2D eigenvalue weighted by atomic mass is 16.5. The minimum atomic E-state index is -0.00119. The molecular weight excluding hydrogens is 356 g/mol. The minimum Gasteiger partial charge on any atom is -0.490 e. The average molecular weight is 389 g/mol. The maximum atomic E-state index is 12.0. The largest absolute Gasteiger partial charge is 0.490 e. The van der Waals surface area contributed by atoms with Crippen LogP contribution in [0.15, 0.2) is 35.3 Å². The van der Waals surface area contributed by atoms with Crippen molar-refractivity contribution in [2.24, 2.45) is 4.99 Å². The highest BCUT2D eigenvalue weighted by molar-refractivity contribution is 5.85. The first-order valence-electron chi connectivity index (χ1n) is 10.2. The molecule has 3 rings (SSSR count). The summed E-state index contributed by atoms with van der Waals surface area (Å²) in [6, 6.07) is 9.97. The molecule has 1 aromatic rings. The number of likely N-dealkylation sites (N-methyl/N-ethyl adjacent to an activating group) is 1. The zero-order chi connectivity index (χ0) is 19.8. The molecule has 0 bridgehead atoms. The van der Waals surface area contributed by atoms with E-state index in [9.17, 15) is 4.79 Å². The number of rotatable bonds is 6. The zero-order valence-corrected chi connectivity index (χ0v) is 17.0. The molecule has 2 aliphatic rings. The Balaban J connectivity index is 1.54. The first kappa shape index (κ1) is 20.5. The van der Waals surface area contributed by atoms with Crippen LogP contribution in [0.4, 0.5) is 0 Å². The minimum absolute atomic E-state index is 0.00119. The highest BCUT2D eigenvalue weighted by Gasteiger charge is 2.24. The molecule has 0 aromatic heterocycles. The third-order valence-corrected chi connectivity index (χ3v) is 5.16. The number of carbonyl (C=O) groups is 1. The van der Waals surface area contributed by atoms with Gasteiger partial charge in [0.1, 0.15) is 18.4 Å². The first-order valence-corrected chi connectivity index (χ1v) is 10.2. The van der Waals surface area contributed by atoms with Crippen LogP contribution in [0.3, 0.4) is 0 Å². The summed E-state index contributed by atoms with van der Waals surface area (Å²) >= 11 is 0. The molecule has 2 fully saturated rings. The van der Waals surface area contributed by atoms with Gasteiger partial charge in [-0.1, -0.05) is 18.2 Å². The lowest BCUT2D eigenvalue weighted by Gasteiger charge is -2.34. The van der Waals surface area contributed by atoms with Gasteiger partial charge in [0, 0.05) is 53.2 Å². The maximum absolute atomic E-state index is 12.0. The maximum Gasteiger partial charge on any atom is 0.243 e. The summed E-state index contributed by atoms with van der Waals surface area (Å²) in [4.78, 5) is 20.4. The number of para-hydroxylation sites is 1. The molecule has 2 heterocycles. The Morgan fingerprint density at radius 2 is 2.00 bits per heavy atom. The van der Waals surface area contributed by atoms with Gasteiger partial charge in [0.05, 0.1) is 6.10 Å². The van der Waals surface area contributed by atoms with E-state index in [1.165, 1.54) is 0 Å². The molecule has 2 saturated heterocycles. The second kappa shape index (κ2) is 10.3. The number of carbonyl (C=O) groups excluding carboxylic acids is 1. The Morgan fingerprint density at radius 3 is 2.64 bits per heavy atom. The number of ether oxygens (including phenoxy) is 2. The summed E-state index contributed by atoms with van der Waals surface area (Å²) in [5.74, 6) is 1.71. The third-order valence-electron chi connectivity index (χ3n) is 5.16. The molecular formula is C21H32N4O3. The van der Waals surface area contributed by atoms with Crippen LogP contribution in [0, 0.1) is 0 Å². The van der Waals surface area contributed by atoms with Crippen LogP contribution >= 0.6 is 0 Å². The van der Waals surface area contributed by atoms with E-state index in [4.69, 9.17) is 9.47 Å². The summed E-state index contributed by atoms with van der Waals surface area (Å²) in [6.07, 6.45) is 4.48. The smallest absolute Gasteiger partial charge is 0.243 e. The molecule has 1 amide bonds. The van der Waals surface area contributed by atoms with Gasteiger partial charge in [-0.05, 0) is 25.0 Å². The van der Waals surface area contributed by atoms with Crippen LogP contribution in [0.25, 0.3) is 0 Å². The van der Waals surface area contributed by atoms with Crippen LogP contribution in [0.5, 0.6) is 5.75 Å². The lowest BCUT2D eigenvalue weighted by atomic mass is 10.1. The van der Waals surface area contributed by atoms with E-state index in [1.807, 2.05) is 30.3 Å². The van der Waals surface area contributed by atoms with Gasteiger partial charge in [-0.2, -0.15) is 0 Å². The summed E-state index contributed by atoms with van der Waals surface area (Å²) < 4.78 is 11.8. The molecule has 1 aromatic carbocycles. The number of aliphatic imine (C=N–C) groups is 1. The Bertz CT molecular complexity index is 636. The standard InChI is InChI=1S/C21H32N4O3/c1-24(2)20(26)16-23-21(22-15-19-9-6-14-27-19)25-12-10-18(11-13-25)28-17-7-4-3-5-8-17/h3-5,7-8,18-19H,6,9-16H2,1-2H3,(H,22,23). The van der Waals surface area contributed by atoms with E-state index >= 15 is 0 Å². The quantitative estimate of drug-likeness (QED) is 0.594. The predicted molar refractivity (Wildman–Crippen MR) is 110 cm³/mol. The van der Waals surface area contributed by atoms with E-state index in [0.717, 1.165) is 63.6 Å². The molecule has 2 aliphatic heterocycles. The van der Waals surface area contributed by atoms with Crippen LogP contribution in [0.2, 0.25) is 0 Å². The fraction of sp³-hybridized carbons (Fsp3) is 0.619. The van der Waals surface area contributed by atoms with Crippen molar-refractivity contribution in [2.75, 3.05) is 46.9 Å². The van der Waals surface area contributed by atoms with Crippen molar-refractivity contribution in [3.8, 4) is 5.75 Å². The number of likely N-dealkylation sites (tertiary alicyclic amines) is 1. The van der Waals surface area contributed by atoms with E-state index in [1.54, 1.807) is 19.0 Å². The number of benzene rings is 1. The second-order valence-electron chi connectivity index (χ2n) is 7.56. The van der Waals surface area contributed by atoms with Crippen molar-refractivity contribution >= 4 is 11.9 Å². The van der Waals surface area contributed by atoms with E-state index in [0.29, 0.717) is 0 Å². The molecule has 0 radical (unpaired) electrons. The van der Waals surface area contributed by atoms with Crippen molar-refractivity contribution in [2.45, 2.75) is 37.9 Å². The average Bonchev–Trinajstić information content (AvgIpc) is 3.23. The summed E-state index contributed by atoms with van der Waals surface area (Å²) in [7, 11) is 3.51. The number of guanidine groups is 1. The van der Waals surface area contributed by atoms with Crippen molar-refractivity contribution in [3.63, 3.8) is 0 Å². The number of amides is 1. The molecule has 1 atom stereocenters. The SMILES string of the molecule is CN(C)C(=O)CN=C(NCC1CCCO1)N1CCC(Oc2ccccc2)CC1. The van der Waals surface area contributed by atoms with Gasteiger partial charge in [0.25, 0.3) is 0 Å². The summed E-state index contributed by atoms with van der Waals surface area (Å²) in [5.41, 5.74) is 0. The number of piperidine rings is 1. The molecule has 28 heavy (non-hydrogen) atoms. The predicted octanol–water partition coefficient (Wildman–Crippen LogP) is 1.74. The topological polar surface area (TPSA) is 66.4 Å². The Labute approximate surface area is 167 Å². The number of hydrogen-bond acceptors (Lipinski definition) is 4. The Morgan fingerprint density at radius 1 is 1.25 bits per heavy atom. The van der Waals surface area contributed by atoms with Gasteiger partial charge in [-0.25, -0.2) is 4.99 Å². The van der Waals surface area contributed by atoms with Crippen molar-refractivity contribution in [3.05, 3.63) is 30.3 Å². The lowest BCUT2D eigenvalue weighted by molar-refractivity contribution is -0.127. The Hall–Kier alpha value is -2.28. The van der Waals surface area contributed by atoms with Crippen LogP contribution in [-0.2, 0) is 9.53 Å². The van der Waals surface area contributed by atoms with Crippen LogP contribution in [0.1, 0.15) is 25.7 Å². The van der Waals surface area contributed by atoms with Crippen molar-refractivity contribution in [1.82, 2.24) is 15.1 Å². The van der Waals surface area contributed by atoms with Gasteiger partial charge in [-0.15, -0.1) is 0 Å². The molecule has 1 N–H and O–H groups in total. The number of hydrogen-bond donors (Lipinski definition) is 1. The Kier molecular flexibility index (Phi) is 7.54. The molecule has 0 saturated carbocycles. The van der Waals surface area contributed by atoms with Gasteiger partial charge in [0.15, 0.2) is 5.96 Å². The van der Waals surface area contributed by atoms with E-state index in [-0.39, 0.29) is 24.7 Å². The molecule has 1 unspecified atom stereocenters. The zero-order valence-electron chi connectivity index (χ0n) is 17.0. The summed E-state index contributed by atoms with van der Waals surface area (Å²) in [5, 5.41) is 3.43. The highest BCUT2D eigenvalue weighted by Crippen LogP contribution is 2.19. The molecule has 7 nitrogen and oxygen atoms in total. The van der Waals surface area contributed by atoms with E-state index < -0.39 is 0 Å². The second-order valence-corrected chi connectivity index (χ2v) is 7.56. The number of nitrogens with zero attached hydrogens (tertiary/aromatic N) is 3.